The van der Waals surface area contributed by atoms with Crippen LogP contribution >= 0.6 is 11.3 Å². The standard InChI is InChI=1S/C16H19N3O3S/c1-18-12-8-19(7-11-3-2-5-22-11)15(20)13(12)14(17-16(18)21)10-4-6-23-9-10/h4,6,9,11,14H,2-3,5,7-8H2,1H3,(H,17,21)/t11-,14+/m1/s1. The van der Waals surface area contributed by atoms with Crippen molar-refractivity contribution < 1.29 is 14.3 Å². The van der Waals surface area contributed by atoms with Gasteiger partial charge in [-0.25, -0.2) is 4.79 Å². The van der Waals surface area contributed by atoms with Crippen LogP contribution in [0.5, 0.6) is 0 Å². The highest BCUT2D eigenvalue weighted by molar-refractivity contribution is 7.08. The molecule has 0 aromatic carbocycles. The van der Waals surface area contributed by atoms with E-state index in [9.17, 15) is 9.59 Å². The summed E-state index contributed by atoms with van der Waals surface area (Å²) in [6, 6.07) is 1.45. The van der Waals surface area contributed by atoms with Crippen LogP contribution in [-0.2, 0) is 9.53 Å². The van der Waals surface area contributed by atoms with Crippen LogP contribution in [0, 0.1) is 0 Å². The molecular formula is C16H19N3O3S. The lowest BCUT2D eigenvalue weighted by Crippen LogP contribution is -2.45. The van der Waals surface area contributed by atoms with Crippen LogP contribution in [0.25, 0.3) is 0 Å². The molecule has 0 unspecified atom stereocenters. The Morgan fingerprint density at radius 3 is 3.00 bits per heavy atom. The van der Waals surface area contributed by atoms with Crippen LogP contribution in [0.2, 0.25) is 0 Å². The fraction of sp³-hybridized carbons (Fsp3) is 0.500. The van der Waals surface area contributed by atoms with E-state index in [0.29, 0.717) is 18.7 Å². The van der Waals surface area contributed by atoms with Crippen LogP contribution in [0.4, 0.5) is 4.79 Å². The van der Waals surface area contributed by atoms with E-state index in [0.717, 1.165) is 30.7 Å². The summed E-state index contributed by atoms with van der Waals surface area (Å²) in [5, 5.41) is 6.89. The second-order valence-electron chi connectivity index (χ2n) is 6.18. The fourth-order valence-electron chi connectivity index (χ4n) is 3.49. The second-order valence-corrected chi connectivity index (χ2v) is 6.96. The topological polar surface area (TPSA) is 61.9 Å². The second kappa shape index (κ2) is 5.65. The highest BCUT2D eigenvalue weighted by Crippen LogP contribution is 2.36. The quantitative estimate of drug-likeness (QED) is 0.916. The summed E-state index contributed by atoms with van der Waals surface area (Å²) in [6.45, 7) is 1.86. The first-order valence-electron chi connectivity index (χ1n) is 7.85. The maximum absolute atomic E-state index is 12.9. The minimum atomic E-state index is -0.345. The molecule has 3 aliphatic rings. The maximum atomic E-state index is 12.9. The Labute approximate surface area is 138 Å². The Morgan fingerprint density at radius 2 is 2.30 bits per heavy atom. The number of urea groups is 1. The van der Waals surface area contributed by atoms with Crippen molar-refractivity contribution in [3.63, 3.8) is 0 Å². The molecule has 1 aromatic heterocycles. The fourth-order valence-corrected chi connectivity index (χ4v) is 4.18. The van der Waals surface area contributed by atoms with Crippen molar-refractivity contribution in [2.24, 2.45) is 0 Å². The number of likely N-dealkylation sites (N-methyl/N-ethyl adjacent to an activating group) is 1. The molecule has 0 bridgehead atoms. The van der Waals surface area contributed by atoms with Gasteiger partial charge in [-0.3, -0.25) is 9.69 Å². The van der Waals surface area contributed by atoms with E-state index in [-0.39, 0.29) is 24.1 Å². The van der Waals surface area contributed by atoms with Gasteiger partial charge in [0, 0.05) is 20.2 Å². The third kappa shape index (κ3) is 2.44. The average molecular weight is 333 g/mol. The Bertz CT molecular complexity index is 664. The predicted octanol–water partition coefficient (Wildman–Crippen LogP) is 1.72. The molecule has 23 heavy (non-hydrogen) atoms. The van der Waals surface area contributed by atoms with Crippen LogP contribution in [0.15, 0.2) is 28.1 Å². The van der Waals surface area contributed by atoms with Crippen LogP contribution in [0.1, 0.15) is 24.4 Å². The molecule has 3 amide bonds. The SMILES string of the molecule is CN1C(=O)N[C@@H](c2ccsc2)C2=C1CN(C[C@H]1CCCO1)C2=O. The van der Waals surface area contributed by atoms with Crippen molar-refractivity contribution >= 4 is 23.3 Å². The summed E-state index contributed by atoms with van der Waals surface area (Å²) < 4.78 is 5.66. The Hall–Kier alpha value is -1.86. The number of nitrogens with zero attached hydrogens (tertiary/aromatic N) is 2. The summed E-state index contributed by atoms with van der Waals surface area (Å²) in [4.78, 5) is 28.5. The van der Waals surface area contributed by atoms with Gasteiger partial charge >= 0.3 is 6.03 Å². The first kappa shape index (κ1) is 14.7. The molecule has 1 N–H and O–H groups in total. The van der Waals surface area contributed by atoms with Gasteiger partial charge in [0.15, 0.2) is 0 Å². The molecule has 3 aliphatic heterocycles. The Kier molecular flexibility index (Phi) is 3.61. The normalized spacial score (nSPS) is 27.7. The number of amides is 3. The lowest BCUT2D eigenvalue weighted by atomic mass is 9.98. The minimum Gasteiger partial charge on any atom is -0.376 e. The van der Waals surface area contributed by atoms with Crippen molar-refractivity contribution in [2.45, 2.75) is 25.0 Å². The van der Waals surface area contributed by atoms with E-state index >= 15 is 0 Å². The van der Waals surface area contributed by atoms with Gasteiger partial charge in [0.2, 0.25) is 0 Å². The van der Waals surface area contributed by atoms with Crippen molar-refractivity contribution in [3.8, 4) is 0 Å². The zero-order valence-corrected chi connectivity index (χ0v) is 13.8. The summed E-state index contributed by atoms with van der Waals surface area (Å²) in [6.07, 6.45) is 2.17. The molecule has 0 spiro atoms. The molecule has 122 valence electrons. The highest BCUT2D eigenvalue weighted by atomic mass is 32.1. The van der Waals surface area contributed by atoms with E-state index in [4.69, 9.17) is 4.74 Å². The van der Waals surface area contributed by atoms with E-state index in [2.05, 4.69) is 5.32 Å². The summed E-state index contributed by atoms with van der Waals surface area (Å²) in [7, 11) is 1.72. The molecule has 1 fully saturated rings. The van der Waals surface area contributed by atoms with E-state index in [1.165, 1.54) is 0 Å². The molecule has 4 rings (SSSR count). The van der Waals surface area contributed by atoms with Gasteiger partial charge < -0.3 is 15.0 Å². The molecular weight excluding hydrogens is 314 g/mol. The molecule has 2 atom stereocenters. The monoisotopic (exact) mass is 333 g/mol. The van der Waals surface area contributed by atoms with Gasteiger partial charge in [-0.2, -0.15) is 11.3 Å². The van der Waals surface area contributed by atoms with Gasteiger partial charge in [0.25, 0.3) is 5.91 Å². The molecule has 1 aromatic rings. The highest BCUT2D eigenvalue weighted by Gasteiger charge is 2.43. The molecule has 0 radical (unpaired) electrons. The smallest absolute Gasteiger partial charge is 0.322 e. The molecule has 0 aliphatic carbocycles. The number of hydrogen-bond donors (Lipinski definition) is 1. The third-order valence-electron chi connectivity index (χ3n) is 4.76. The van der Waals surface area contributed by atoms with Crippen molar-refractivity contribution in [3.05, 3.63) is 33.7 Å². The number of carbonyl (C=O) groups is 2. The first-order chi connectivity index (χ1) is 11.1. The molecule has 0 saturated carbocycles. The van der Waals surface area contributed by atoms with Crippen LogP contribution in [0.3, 0.4) is 0 Å². The molecule has 7 heteroatoms. The van der Waals surface area contributed by atoms with E-state index < -0.39 is 0 Å². The summed E-state index contributed by atoms with van der Waals surface area (Å²) in [5.41, 5.74) is 2.48. The number of ether oxygens (including phenoxy) is 1. The van der Waals surface area contributed by atoms with Crippen molar-refractivity contribution in [2.75, 3.05) is 26.7 Å². The minimum absolute atomic E-state index is 0.0125. The number of hydrogen-bond acceptors (Lipinski definition) is 4. The number of rotatable bonds is 3. The molecule has 4 heterocycles. The van der Waals surface area contributed by atoms with Gasteiger partial charge in [0.1, 0.15) is 0 Å². The molecule has 6 nitrogen and oxygen atoms in total. The van der Waals surface area contributed by atoms with Crippen LogP contribution < -0.4 is 5.32 Å². The Balaban J connectivity index is 1.63. The average Bonchev–Trinajstić information content (AvgIpc) is 3.26. The first-order valence-corrected chi connectivity index (χ1v) is 8.79. The van der Waals surface area contributed by atoms with Gasteiger partial charge in [-0.15, -0.1) is 0 Å². The number of thiophene rings is 1. The summed E-state index contributed by atoms with van der Waals surface area (Å²) >= 11 is 1.57. The predicted molar refractivity (Wildman–Crippen MR) is 85.9 cm³/mol. The van der Waals surface area contributed by atoms with Crippen molar-refractivity contribution in [1.29, 1.82) is 0 Å². The van der Waals surface area contributed by atoms with E-state index in [1.807, 2.05) is 21.7 Å². The number of nitrogens with one attached hydrogen (secondary N) is 1. The largest absolute Gasteiger partial charge is 0.376 e. The van der Waals surface area contributed by atoms with Crippen molar-refractivity contribution in [1.82, 2.24) is 15.1 Å². The zero-order chi connectivity index (χ0) is 16.0. The Morgan fingerprint density at radius 1 is 1.43 bits per heavy atom. The zero-order valence-electron chi connectivity index (χ0n) is 12.9. The van der Waals surface area contributed by atoms with Crippen LogP contribution in [-0.4, -0.2) is 54.6 Å². The van der Waals surface area contributed by atoms with Gasteiger partial charge in [0.05, 0.1) is 30.0 Å². The number of carbonyl (C=O) groups excluding carboxylic acids is 2. The maximum Gasteiger partial charge on any atom is 0.322 e. The molecule has 1 saturated heterocycles. The van der Waals surface area contributed by atoms with E-state index in [1.54, 1.807) is 23.3 Å². The summed E-state index contributed by atoms with van der Waals surface area (Å²) in [5.74, 6) is 0.0125. The van der Waals surface area contributed by atoms with Gasteiger partial charge in [-0.1, -0.05) is 0 Å². The lowest BCUT2D eigenvalue weighted by molar-refractivity contribution is -0.127. The lowest BCUT2D eigenvalue weighted by Gasteiger charge is -2.30. The van der Waals surface area contributed by atoms with Gasteiger partial charge in [-0.05, 0) is 35.2 Å². The third-order valence-corrected chi connectivity index (χ3v) is 5.46.